The van der Waals surface area contributed by atoms with Crippen LogP contribution in [-0.2, 0) is 15.3 Å². The fourth-order valence-corrected chi connectivity index (χ4v) is 2.40. The number of nitrogens with one attached hydrogen (secondary N) is 1. The number of hydrogen-bond donors (Lipinski definition) is 2. The predicted molar refractivity (Wildman–Crippen MR) is 77.5 cm³/mol. The van der Waals surface area contributed by atoms with Crippen molar-refractivity contribution in [2.75, 3.05) is 5.75 Å². The standard InChI is InChI=1S/C13H16ClNO3S/c1-9(6-13(17)18)15-12(16)8-19-7-10-2-4-11(14)5-3-10/h2-5,9H,6-8H2,1H3,(H,15,16)(H,17,18). The van der Waals surface area contributed by atoms with Crippen molar-refractivity contribution in [2.24, 2.45) is 0 Å². The van der Waals surface area contributed by atoms with E-state index in [0.29, 0.717) is 10.8 Å². The number of carbonyl (C=O) groups is 2. The van der Waals surface area contributed by atoms with Crippen LogP contribution in [0.2, 0.25) is 5.02 Å². The average Bonchev–Trinajstić information content (AvgIpc) is 2.30. The Bertz CT molecular complexity index is 436. The van der Waals surface area contributed by atoms with Crippen LogP contribution < -0.4 is 5.32 Å². The number of carbonyl (C=O) groups excluding carboxylic acids is 1. The molecule has 0 aliphatic carbocycles. The number of benzene rings is 1. The van der Waals surface area contributed by atoms with Gasteiger partial charge in [-0.3, -0.25) is 9.59 Å². The third-order valence-corrected chi connectivity index (χ3v) is 3.56. The molecule has 0 aliphatic rings. The normalized spacial score (nSPS) is 11.9. The Morgan fingerprint density at radius 1 is 1.37 bits per heavy atom. The van der Waals surface area contributed by atoms with Gasteiger partial charge in [-0.15, -0.1) is 11.8 Å². The first kappa shape index (κ1) is 15.9. The lowest BCUT2D eigenvalue weighted by atomic mass is 10.2. The van der Waals surface area contributed by atoms with Crippen LogP contribution in [0.15, 0.2) is 24.3 Å². The molecule has 0 saturated carbocycles. The summed E-state index contributed by atoms with van der Waals surface area (Å²) in [6, 6.07) is 7.11. The molecular formula is C13H16ClNO3S. The summed E-state index contributed by atoms with van der Waals surface area (Å²) in [6.45, 7) is 1.68. The van der Waals surface area contributed by atoms with E-state index in [1.807, 2.05) is 24.3 Å². The van der Waals surface area contributed by atoms with Gasteiger partial charge in [0.2, 0.25) is 5.91 Å². The van der Waals surface area contributed by atoms with Crippen LogP contribution in [0.1, 0.15) is 18.9 Å². The van der Waals surface area contributed by atoms with Gasteiger partial charge in [0.1, 0.15) is 0 Å². The maximum Gasteiger partial charge on any atom is 0.305 e. The van der Waals surface area contributed by atoms with Gasteiger partial charge in [-0.1, -0.05) is 23.7 Å². The van der Waals surface area contributed by atoms with Gasteiger partial charge in [-0.05, 0) is 24.6 Å². The van der Waals surface area contributed by atoms with Gasteiger partial charge in [-0.25, -0.2) is 0 Å². The molecule has 0 bridgehead atoms. The minimum Gasteiger partial charge on any atom is -0.481 e. The zero-order valence-corrected chi connectivity index (χ0v) is 12.1. The lowest BCUT2D eigenvalue weighted by molar-refractivity contribution is -0.137. The van der Waals surface area contributed by atoms with Gasteiger partial charge >= 0.3 is 5.97 Å². The maximum absolute atomic E-state index is 11.5. The topological polar surface area (TPSA) is 66.4 Å². The summed E-state index contributed by atoms with van der Waals surface area (Å²) in [7, 11) is 0. The highest BCUT2D eigenvalue weighted by molar-refractivity contribution is 7.99. The minimum absolute atomic E-state index is 0.0619. The Hall–Kier alpha value is -1.20. The smallest absolute Gasteiger partial charge is 0.305 e. The van der Waals surface area contributed by atoms with Crippen LogP contribution in [0, 0.1) is 0 Å². The van der Waals surface area contributed by atoms with E-state index in [1.165, 1.54) is 11.8 Å². The van der Waals surface area contributed by atoms with E-state index in [2.05, 4.69) is 5.32 Å². The van der Waals surface area contributed by atoms with Crippen molar-refractivity contribution in [1.29, 1.82) is 0 Å². The molecule has 2 N–H and O–H groups in total. The fraction of sp³-hybridized carbons (Fsp3) is 0.385. The number of halogens is 1. The van der Waals surface area contributed by atoms with Crippen molar-refractivity contribution in [1.82, 2.24) is 5.32 Å². The minimum atomic E-state index is -0.915. The molecule has 104 valence electrons. The Balaban J connectivity index is 2.23. The molecule has 0 aliphatic heterocycles. The summed E-state index contributed by atoms with van der Waals surface area (Å²) in [5.74, 6) is -0.0286. The lowest BCUT2D eigenvalue weighted by Crippen LogP contribution is -2.35. The number of rotatable bonds is 7. The first-order valence-corrected chi connectivity index (χ1v) is 7.34. The van der Waals surface area contributed by atoms with E-state index in [1.54, 1.807) is 6.92 Å². The van der Waals surface area contributed by atoms with Crippen molar-refractivity contribution < 1.29 is 14.7 Å². The lowest BCUT2D eigenvalue weighted by Gasteiger charge is -2.11. The third kappa shape index (κ3) is 7.08. The quantitative estimate of drug-likeness (QED) is 0.812. The van der Waals surface area contributed by atoms with Crippen molar-refractivity contribution >= 4 is 35.2 Å². The molecule has 1 aromatic carbocycles. The average molecular weight is 302 g/mol. The molecule has 1 amide bonds. The van der Waals surface area contributed by atoms with Crippen molar-refractivity contribution in [3.05, 3.63) is 34.9 Å². The van der Waals surface area contributed by atoms with Crippen molar-refractivity contribution in [2.45, 2.75) is 25.1 Å². The molecule has 1 rings (SSSR count). The highest BCUT2D eigenvalue weighted by Crippen LogP contribution is 2.15. The zero-order valence-electron chi connectivity index (χ0n) is 10.6. The molecule has 0 heterocycles. The predicted octanol–water partition coefficient (Wildman–Crippen LogP) is 2.55. The largest absolute Gasteiger partial charge is 0.481 e. The number of carboxylic acid groups (broad SMARTS) is 1. The number of hydrogen-bond acceptors (Lipinski definition) is 3. The molecule has 4 nitrogen and oxygen atoms in total. The highest BCUT2D eigenvalue weighted by atomic mass is 35.5. The summed E-state index contributed by atoms with van der Waals surface area (Å²) in [4.78, 5) is 22.0. The highest BCUT2D eigenvalue weighted by Gasteiger charge is 2.10. The Kier molecular flexibility index (Phi) is 6.73. The summed E-state index contributed by atoms with van der Waals surface area (Å²) in [5.41, 5.74) is 1.10. The van der Waals surface area contributed by atoms with Gasteiger partial charge < -0.3 is 10.4 Å². The number of amides is 1. The Morgan fingerprint density at radius 2 is 2.00 bits per heavy atom. The molecular weight excluding hydrogens is 286 g/mol. The van der Waals surface area contributed by atoms with E-state index in [9.17, 15) is 9.59 Å². The first-order chi connectivity index (χ1) is 8.97. The Morgan fingerprint density at radius 3 is 2.58 bits per heavy atom. The zero-order chi connectivity index (χ0) is 14.3. The van der Waals surface area contributed by atoms with Crippen LogP contribution in [0.4, 0.5) is 0 Å². The van der Waals surface area contributed by atoms with E-state index in [4.69, 9.17) is 16.7 Å². The summed E-state index contributed by atoms with van der Waals surface area (Å²) in [6.07, 6.45) is -0.0619. The summed E-state index contributed by atoms with van der Waals surface area (Å²) >= 11 is 7.25. The molecule has 0 saturated heterocycles. The van der Waals surface area contributed by atoms with Gasteiger partial charge in [0.05, 0.1) is 12.2 Å². The molecule has 19 heavy (non-hydrogen) atoms. The number of thioether (sulfide) groups is 1. The van der Waals surface area contributed by atoms with Crippen LogP contribution in [0.5, 0.6) is 0 Å². The Labute approximate surface area is 121 Å². The van der Waals surface area contributed by atoms with Crippen molar-refractivity contribution in [3.8, 4) is 0 Å². The van der Waals surface area contributed by atoms with E-state index < -0.39 is 5.97 Å². The van der Waals surface area contributed by atoms with Gasteiger partial charge in [-0.2, -0.15) is 0 Å². The van der Waals surface area contributed by atoms with Gasteiger partial charge in [0.15, 0.2) is 0 Å². The summed E-state index contributed by atoms with van der Waals surface area (Å²) in [5, 5.41) is 11.9. The van der Waals surface area contributed by atoms with Crippen LogP contribution in [-0.4, -0.2) is 28.8 Å². The maximum atomic E-state index is 11.5. The number of aliphatic carboxylic acids is 1. The third-order valence-electron chi connectivity index (χ3n) is 2.30. The second kappa shape index (κ2) is 8.07. The molecule has 0 fully saturated rings. The summed E-state index contributed by atoms with van der Waals surface area (Å²) < 4.78 is 0. The van der Waals surface area contributed by atoms with E-state index >= 15 is 0 Å². The van der Waals surface area contributed by atoms with Crippen LogP contribution in [0.25, 0.3) is 0 Å². The second-order valence-electron chi connectivity index (χ2n) is 4.19. The van der Waals surface area contributed by atoms with Crippen molar-refractivity contribution in [3.63, 3.8) is 0 Å². The molecule has 0 radical (unpaired) electrons. The van der Waals surface area contributed by atoms with Crippen LogP contribution >= 0.6 is 23.4 Å². The van der Waals surface area contributed by atoms with Gasteiger partial charge in [0, 0.05) is 16.8 Å². The molecule has 1 unspecified atom stereocenters. The monoisotopic (exact) mass is 301 g/mol. The second-order valence-corrected chi connectivity index (χ2v) is 5.61. The first-order valence-electron chi connectivity index (χ1n) is 5.80. The van der Waals surface area contributed by atoms with E-state index in [0.717, 1.165) is 11.3 Å². The molecule has 6 heteroatoms. The SMILES string of the molecule is CC(CC(=O)O)NC(=O)CSCc1ccc(Cl)cc1. The van der Waals surface area contributed by atoms with Gasteiger partial charge in [0.25, 0.3) is 0 Å². The molecule has 0 spiro atoms. The number of carboxylic acids is 1. The molecule has 0 aromatic heterocycles. The molecule has 1 atom stereocenters. The molecule has 1 aromatic rings. The fourth-order valence-electron chi connectivity index (χ4n) is 1.47. The van der Waals surface area contributed by atoms with Crippen LogP contribution in [0.3, 0.4) is 0 Å². The van der Waals surface area contributed by atoms with E-state index in [-0.39, 0.29) is 18.4 Å².